The second-order valence-electron chi connectivity index (χ2n) is 15.9. The summed E-state index contributed by atoms with van der Waals surface area (Å²) in [6, 6.07) is 15.1. The van der Waals surface area contributed by atoms with Crippen LogP contribution in [0, 0.1) is 5.41 Å². The molecule has 5 radical (unpaired) electrons. The Labute approximate surface area is 329 Å². The van der Waals surface area contributed by atoms with Crippen LogP contribution in [-0.4, -0.2) is 83.0 Å². The van der Waals surface area contributed by atoms with Gasteiger partial charge in [-0.25, -0.2) is 5.43 Å². The molecule has 0 saturated carbocycles. The summed E-state index contributed by atoms with van der Waals surface area (Å²) in [4.78, 5) is 46.3. The number of fused-ring (bicyclic) bond motifs is 6. The number of esters is 1. The number of pyridine rings is 1. The molecular formula is C43H51N4O6Si2. The van der Waals surface area contributed by atoms with E-state index in [1.807, 2.05) is 32.9 Å². The Morgan fingerprint density at radius 2 is 1.91 bits per heavy atom. The number of carbonyl (C=O) groups excluding carboxylic acids is 3. The van der Waals surface area contributed by atoms with Crippen molar-refractivity contribution in [1.29, 1.82) is 0 Å². The summed E-state index contributed by atoms with van der Waals surface area (Å²) in [7, 11) is 5.15. The van der Waals surface area contributed by atoms with E-state index in [-0.39, 0.29) is 39.6 Å². The van der Waals surface area contributed by atoms with E-state index in [2.05, 4.69) is 65.3 Å². The Bertz CT molecular complexity index is 2170. The van der Waals surface area contributed by atoms with Crippen molar-refractivity contribution < 1.29 is 29.0 Å². The second kappa shape index (κ2) is 16.0. The first-order chi connectivity index (χ1) is 26.0. The van der Waals surface area contributed by atoms with E-state index >= 15 is 0 Å². The molecule has 6 bridgehead atoms. The van der Waals surface area contributed by atoms with Gasteiger partial charge in [-0.3, -0.25) is 19.6 Å². The van der Waals surface area contributed by atoms with Crippen LogP contribution in [0.5, 0.6) is 5.75 Å². The molecule has 1 saturated heterocycles. The monoisotopic (exact) mass is 775 g/mol. The lowest BCUT2D eigenvalue weighted by Gasteiger charge is -2.35. The largest absolute Gasteiger partial charge is 0.508 e. The van der Waals surface area contributed by atoms with Gasteiger partial charge in [-0.05, 0) is 125 Å². The Morgan fingerprint density at radius 1 is 1.15 bits per heavy atom. The highest BCUT2D eigenvalue weighted by molar-refractivity contribution is 6.80. The third-order valence-corrected chi connectivity index (χ3v) is 12.7. The van der Waals surface area contributed by atoms with Gasteiger partial charge in [0.05, 0.1) is 33.5 Å². The number of phenolic OH excluding ortho intramolecular Hbond substituents is 1. The summed E-state index contributed by atoms with van der Waals surface area (Å²) in [6.45, 7) is 15.1. The molecule has 0 spiro atoms. The third-order valence-electron chi connectivity index (χ3n) is 10.8. The Balaban J connectivity index is 1.57. The number of amides is 1. The molecule has 0 unspecified atom stereocenters. The first kappa shape index (κ1) is 40.3. The number of aryl methyl sites for hydroxylation is 1. The number of carbonyl (C=O) groups is 3. The molecule has 3 atom stereocenters. The molecule has 6 rings (SSSR count). The first-order valence-electron chi connectivity index (χ1n) is 19.0. The molecule has 0 aliphatic carbocycles. The Kier molecular flexibility index (Phi) is 11.7. The molecule has 1 amide bonds. The number of hydrogen-bond acceptors (Lipinski definition) is 8. The van der Waals surface area contributed by atoms with Gasteiger partial charge in [-0.2, -0.15) is 0 Å². The first-order valence-corrected chi connectivity index (χ1v) is 20.5. The number of ether oxygens (including phenoxy) is 2. The topological polar surface area (TPSA) is 123 Å². The van der Waals surface area contributed by atoms with Gasteiger partial charge in [-0.1, -0.05) is 31.6 Å². The fourth-order valence-electron chi connectivity index (χ4n) is 7.58. The third kappa shape index (κ3) is 8.42. The molecule has 2 N–H and O–H groups in total. The van der Waals surface area contributed by atoms with Gasteiger partial charge in [0, 0.05) is 53.8 Å². The molecular weight excluding hydrogens is 725 g/mol. The highest BCUT2D eigenvalue weighted by Gasteiger charge is 2.36. The highest BCUT2D eigenvalue weighted by atomic mass is 28.2. The molecule has 55 heavy (non-hydrogen) atoms. The standard InChI is InChI=1S/C43H51N4O6Si2/c1-9-46-35-15-14-28-22-32(35)33(37(46)31-12-10-16-44-38(31)43(7,54)52-8)23-42(5,6)24-53-40(50)34-13-11-17-47(45-34)39(49)36(55-41(51)26(4)25(2)3)20-27-18-29(28)21-30(48)19-27/h10,12,14-16,18-19,21-22,34,36,45,48H,9,11,13,17,20,23-24H2,1-8H3/t34-,36-,43+/m0/s1. The predicted molar refractivity (Wildman–Crippen MR) is 217 cm³/mol. The normalized spacial score (nSPS) is 20.1. The summed E-state index contributed by atoms with van der Waals surface area (Å²) < 4.78 is 14.3. The number of nitrogens with zero attached hydrogens (tertiary/aromatic N) is 3. The number of benzene rings is 2. The molecule has 1 fully saturated rings. The summed E-state index contributed by atoms with van der Waals surface area (Å²) in [5.74, 6) is -0.589. The lowest BCUT2D eigenvalue weighted by atomic mass is 9.84. The van der Waals surface area contributed by atoms with Gasteiger partial charge < -0.3 is 23.9 Å². The van der Waals surface area contributed by atoms with Gasteiger partial charge >= 0.3 is 5.97 Å². The molecule has 2 aromatic carbocycles. The SMILES string of the molecule is CCn1c(-c2cccnc2[C@@](C)([Si])OC)c2c3cc(ccc31)-c1cc(O)cc(c1)C[C@H]([Si]C(=O)C(C)=C(C)C)C(=O)N1CCC[C@H](N1)C(=O)OCC(C)(C)C2. The highest BCUT2D eigenvalue weighted by Crippen LogP contribution is 2.43. The second-order valence-corrected chi connectivity index (χ2v) is 18.3. The van der Waals surface area contributed by atoms with Gasteiger partial charge in [0.2, 0.25) is 5.91 Å². The molecule has 4 heterocycles. The van der Waals surface area contributed by atoms with E-state index in [0.717, 1.165) is 55.7 Å². The van der Waals surface area contributed by atoms with E-state index in [1.54, 1.807) is 32.4 Å². The number of cyclic esters (lactones) is 1. The van der Waals surface area contributed by atoms with Crippen LogP contribution in [0.25, 0.3) is 33.3 Å². The summed E-state index contributed by atoms with van der Waals surface area (Å²) >= 11 is 0. The maximum atomic E-state index is 14.3. The molecule has 2 aliphatic heterocycles. The number of hydrazine groups is 1. The number of methoxy groups -OCH3 is 1. The minimum Gasteiger partial charge on any atom is -0.508 e. The van der Waals surface area contributed by atoms with Crippen LogP contribution < -0.4 is 5.43 Å². The Hall–Kier alpha value is -4.37. The molecule has 2 aromatic heterocycles. The molecule has 2 aliphatic rings. The van der Waals surface area contributed by atoms with E-state index in [0.29, 0.717) is 37.9 Å². The fraction of sp³-hybridized carbons (Fsp3) is 0.442. The summed E-state index contributed by atoms with van der Waals surface area (Å²) in [5.41, 5.74) is 10.7. The molecule has 4 aromatic rings. The minimum absolute atomic E-state index is 0.0754. The van der Waals surface area contributed by atoms with E-state index in [4.69, 9.17) is 14.5 Å². The average Bonchev–Trinajstić information content (AvgIpc) is 3.46. The zero-order valence-electron chi connectivity index (χ0n) is 33.1. The Morgan fingerprint density at radius 3 is 2.62 bits per heavy atom. The van der Waals surface area contributed by atoms with Crippen molar-refractivity contribution in [2.24, 2.45) is 5.41 Å². The van der Waals surface area contributed by atoms with Crippen LogP contribution in [-0.2, 0) is 48.5 Å². The number of hydrogen-bond donors (Lipinski definition) is 2. The van der Waals surface area contributed by atoms with Crippen molar-refractivity contribution in [3.05, 3.63) is 82.7 Å². The van der Waals surface area contributed by atoms with Crippen molar-refractivity contribution in [2.75, 3.05) is 20.3 Å². The zero-order valence-corrected chi connectivity index (χ0v) is 35.1. The van der Waals surface area contributed by atoms with Crippen LogP contribution >= 0.6 is 0 Å². The van der Waals surface area contributed by atoms with E-state index < -0.39 is 28.2 Å². The zero-order chi connectivity index (χ0) is 39.8. The molecule has 10 nitrogen and oxygen atoms in total. The van der Waals surface area contributed by atoms with Gasteiger partial charge in [0.15, 0.2) is 9.52 Å². The van der Waals surface area contributed by atoms with Gasteiger partial charge in [0.25, 0.3) is 0 Å². The number of nitrogens with one attached hydrogen (secondary N) is 1. The minimum atomic E-state index is -0.863. The number of rotatable bonds is 7. The number of aromatic hydroxyl groups is 1. The molecule has 287 valence electrons. The summed E-state index contributed by atoms with van der Waals surface area (Å²) in [6.07, 6.45) is 3.70. The predicted octanol–water partition coefficient (Wildman–Crippen LogP) is 6.62. The number of phenols is 1. The lowest BCUT2D eigenvalue weighted by Crippen LogP contribution is -2.57. The van der Waals surface area contributed by atoms with E-state index in [9.17, 15) is 19.5 Å². The van der Waals surface area contributed by atoms with Gasteiger partial charge in [0.1, 0.15) is 17.2 Å². The smallest absolute Gasteiger partial charge is 0.324 e. The van der Waals surface area contributed by atoms with Crippen molar-refractivity contribution >= 4 is 47.9 Å². The van der Waals surface area contributed by atoms with Crippen LogP contribution in [0.3, 0.4) is 0 Å². The van der Waals surface area contributed by atoms with Crippen LogP contribution in [0.4, 0.5) is 0 Å². The van der Waals surface area contributed by atoms with Crippen molar-refractivity contribution in [1.82, 2.24) is 20.0 Å². The lowest BCUT2D eigenvalue weighted by molar-refractivity contribution is -0.154. The molecule has 12 heteroatoms. The van der Waals surface area contributed by atoms with Crippen LogP contribution in [0.2, 0.25) is 5.54 Å². The maximum Gasteiger partial charge on any atom is 0.324 e. The summed E-state index contributed by atoms with van der Waals surface area (Å²) in [5, 5.41) is 12.7. The van der Waals surface area contributed by atoms with Crippen molar-refractivity contribution in [2.45, 2.75) is 97.5 Å². The van der Waals surface area contributed by atoms with Crippen molar-refractivity contribution in [3.8, 4) is 28.1 Å². The maximum absolute atomic E-state index is 14.3. The van der Waals surface area contributed by atoms with Crippen molar-refractivity contribution in [3.63, 3.8) is 0 Å². The van der Waals surface area contributed by atoms with E-state index in [1.165, 1.54) is 5.01 Å². The fourth-order valence-corrected chi connectivity index (χ4v) is 9.18. The quantitative estimate of drug-likeness (QED) is 0.122. The van der Waals surface area contributed by atoms with Gasteiger partial charge in [-0.15, -0.1) is 0 Å². The average molecular weight is 776 g/mol. The van der Waals surface area contributed by atoms with Crippen LogP contribution in [0.1, 0.15) is 78.1 Å². The number of aromatic nitrogens is 2. The van der Waals surface area contributed by atoms with Crippen LogP contribution in [0.15, 0.2) is 65.9 Å². The number of allylic oxidation sites excluding steroid dienone is 2.